The molecule has 1 fully saturated rings. The third-order valence-corrected chi connectivity index (χ3v) is 3.28. The van der Waals surface area contributed by atoms with Crippen molar-refractivity contribution in [3.8, 4) is 0 Å². The normalized spacial score (nSPS) is 21.8. The fourth-order valence-corrected chi connectivity index (χ4v) is 2.05. The van der Waals surface area contributed by atoms with E-state index in [1.54, 1.807) is 0 Å². The van der Waals surface area contributed by atoms with Gasteiger partial charge in [0.15, 0.2) is 0 Å². The molecule has 0 amide bonds. The zero-order valence-corrected chi connectivity index (χ0v) is 10.1. The molecule has 5 nitrogen and oxygen atoms in total. The number of nitrogens with one attached hydrogen (secondary N) is 2. The van der Waals surface area contributed by atoms with E-state index in [0.29, 0.717) is 18.3 Å². The van der Waals surface area contributed by atoms with Gasteiger partial charge in [-0.25, -0.2) is 4.98 Å². The van der Waals surface area contributed by atoms with Gasteiger partial charge in [-0.05, 0) is 24.5 Å². The van der Waals surface area contributed by atoms with Crippen LogP contribution in [0, 0.1) is 5.92 Å². The Kier molecular flexibility index (Phi) is 2.66. The summed E-state index contributed by atoms with van der Waals surface area (Å²) in [5.74, 6) is 3.82. The van der Waals surface area contributed by atoms with Crippen molar-refractivity contribution in [3.05, 3.63) is 46.4 Å². The van der Waals surface area contributed by atoms with Gasteiger partial charge < -0.3 is 14.7 Å². The molecule has 0 saturated heterocycles. The first kappa shape index (κ1) is 11.1. The highest BCUT2D eigenvalue weighted by Crippen LogP contribution is 2.47. The van der Waals surface area contributed by atoms with Crippen molar-refractivity contribution in [1.82, 2.24) is 9.97 Å². The van der Waals surface area contributed by atoms with Crippen molar-refractivity contribution >= 4 is 5.82 Å². The first-order chi connectivity index (χ1) is 8.72. The largest absolute Gasteiger partial charge is 0.464 e. The number of aromatic amines is 1. The summed E-state index contributed by atoms with van der Waals surface area (Å²) in [5.41, 5.74) is -0.167. The van der Waals surface area contributed by atoms with Crippen LogP contribution < -0.4 is 10.9 Å². The summed E-state index contributed by atoms with van der Waals surface area (Å²) in [6.07, 6.45) is 2.60. The van der Waals surface area contributed by atoms with E-state index in [2.05, 4.69) is 22.2 Å². The highest BCUT2D eigenvalue weighted by atomic mass is 16.3. The zero-order chi connectivity index (χ0) is 12.5. The van der Waals surface area contributed by atoms with Gasteiger partial charge in [0.05, 0.1) is 12.9 Å². The minimum atomic E-state index is -0.167. The number of hydrogen-bond acceptors (Lipinski definition) is 4. The lowest BCUT2D eigenvalue weighted by Gasteiger charge is -2.01. The molecule has 0 aromatic carbocycles. The fraction of sp³-hybridized carbons (Fsp3) is 0.385. The summed E-state index contributed by atoms with van der Waals surface area (Å²) in [6.45, 7) is 2.77. The number of nitrogens with zero attached hydrogens (tertiary/aromatic N) is 1. The summed E-state index contributed by atoms with van der Waals surface area (Å²) in [6, 6.07) is 5.43. The smallest absolute Gasteiger partial charge is 0.252 e. The van der Waals surface area contributed by atoms with Crippen LogP contribution in [-0.4, -0.2) is 9.97 Å². The number of rotatable bonds is 4. The molecule has 0 radical (unpaired) electrons. The van der Waals surface area contributed by atoms with Crippen LogP contribution in [0.3, 0.4) is 0 Å². The fourth-order valence-electron chi connectivity index (χ4n) is 2.05. The number of H-pyrrole nitrogens is 1. The Balaban J connectivity index is 1.63. The van der Waals surface area contributed by atoms with Gasteiger partial charge in [-0.15, -0.1) is 0 Å². The third kappa shape index (κ3) is 2.30. The number of furan rings is 1. The van der Waals surface area contributed by atoms with E-state index in [0.717, 1.165) is 17.4 Å². The molecule has 1 saturated carbocycles. The van der Waals surface area contributed by atoms with Crippen LogP contribution in [0.2, 0.25) is 0 Å². The summed E-state index contributed by atoms with van der Waals surface area (Å²) in [7, 11) is 0. The minimum Gasteiger partial charge on any atom is -0.464 e. The standard InChI is InChI=1S/C13H15N3O2/c1-8-4-10(8)11-3-2-9(18-11)6-14-12-5-13(17)16-7-15-12/h2-3,5,7-8,10H,4,6H2,1H3,(H2,14,15,16,17). The maximum atomic E-state index is 11.1. The molecule has 2 aromatic heterocycles. The second-order valence-corrected chi connectivity index (χ2v) is 4.77. The first-order valence-corrected chi connectivity index (χ1v) is 6.09. The van der Waals surface area contributed by atoms with E-state index >= 15 is 0 Å². The molecule has 3 rings (SSSR count). The molecule has 18 heavy (non-hydrogen) atoms. The Hall–Kier alpha value is -2.04. The molecular weight excluding hydrogens is 230 g/mol. The van der Waals surface area contributed by atoms with Crippen molar-refractivity contribution in [2.45, 2.75) is 25.8 Å². The van der Waals surface area contributed by atoms with E-state index < -0.39 is 0 Å². The van der Waals surface area contributed by atoms with Crippen LogP contribution in [0.4, 0.5) is 5.82 Å². The van der Waals surface area contributed by atoms with Crippen LogP contribution in [0.25, 0.3) is 0 Å². The highest BCUT2D eigenvalue weighted by Gasteiger charge is 2.36. The molecule has 1 aliphatic rings. The predicted molar refractivity (Wildman–Crippen MR) is 67.4 cm³/mol. The molecule has 94 valence electrons. The van der Waals surface area contributed by atoms with E-state index in [1.807, 2.05) is 12.1 Å². The van der Waals surface area contributed by atoms with Crippen molar-refractivity contribution in [1.29, 1.82) is 0 Å². The third-order valence-electron chi connectivity index (χ3n) is 3.28. The van der Waals surface area contributed by atoms with Gasteiger partial charge >= 0.3 is 0 Å². The average Bonchev–Trinajstić information content (AvgIpc) is 2.91. The molecule has 0 aliphatic heterocycles. The van der Waals surface area contributed by atoms with Gasteiger partial charge in [-0.3, -0.25) is 4.79 Å². The molecular formula is C13H15N3O2. The molecule has 5 heteroatoms. The topological polar surface area (TPSA) is 70.9 Å². The Morgan fingerprint density at radius 3 is 3.11 bits per heavy atom. The molecule has 2 atom stereocenters. The van der Waals surface area contributed by atoms with Gasteiger partial charge in [0, 0.05) is 12.0 Å². The Morgan fingerprint density at radius 1 is 1.56 bits per heavy atom. The van der Waals surface area contributed by atoms with Gasteiger partial charge in [-0.2, -0.15) is 0 Å². The van der Waals surface area contributed by atoms with Crippen molar-refractivity contribution in [2.75, 3.05) is 5.32 Å². The van der Waals surface area contributed by atoms with E-state index in [-0.39, 0.29) is 5.56 Å². The molecule has 2 heterocycles. The summed E-state index contributed by atoms with van der Waals surface area (Å²) >= 11 is 0. The molecule has 2 N–H and O–H groups in total. The van der Waals surface area contributed by atoms with Crippen molar-refractivity contribution in [2.24, 2.45) is 5.92 Å². The van der Waals surface area contributed by atoms with Crippen LogP contribution in [0.5, 0.6) is 0 Å². The lowest BCUT2D eigenvalue weighted by molar-refractivity contribution is 0.467. The summed E-state index contributed by atoms with van der Waals surface area (Å²) < 4.78 is 5.75. The Labute approximate surface area is 104 Å². The Morgan fingerprint density at radius 2 is 2.39 bits per heavy atom. The van der Waals surface area contributed by atoms with Gasteiger partial charge in [0.2, 0.25) is 0 Å². The number of aromatic nitrogens is 2. The van der Waals surface area contributed by atoms with Crippen LogP contribution >= 0.6 is 0 Å². The lowest BCUT2D eigenvalue weighted by Crippen LogP contribution is -2.08. The van der Waals surface area contributed by atoms with Crippen LogP contribution in [-0.2, 0) is 6.54 Å². The number of anilines is 1. The minimum absolute atomic E-state index is 0.167. The predicted octanol–water partition coefficient (Wildman–Crippen LogP) is 2.10. The average molecular weight is 245 g/mol. The van der Waals surface area contributed by atoms with E-state index in [9.17, 15) is 4.79 Å². The van der Waals surface area contributed by atoms with E-state index in [4.69, 9.17) is 4.42 Å². The quantitative estimate of drug-likeness (QED) is 0.865. The lowest BCUT2D eigenvalue weighted by atomic mass is 10.3. The second-order valence-electron chi connectivity index (χ2n) is 4.77. The maximum absolute atomic E-state index is 11.1. The number of hydrogen-bond donors (Lipinski definition) is 2. The van der Waals surface area contributed by atoms with Crippen molar-refractivity contribution < 1.29 is 4.42 Å². The SMILES string of the molecule is CC1CC1c1ccc(CNc2cc(=O)[nH]cn2)o1. The van der Waals surface area contributed by atoms with Gasteiger partial charge in [0.1, 0.15) is 17.3 Å². The summed E-state index contributed by atoms with van der Waals surface area (Å²) in [4.78, 5) is 17.6. The van der Waals surface area contributed by atoms with E-state index in [1.165, 1.54) is 18.8 Å². The first-order valence-electron chi connectivity index (χ1n) is 6.09. The van der Waals surface area contributed by atoms with Crippen LogP contribution in [0.1, 0.15) is 30.8 Å². The van der Waals surface area contributed by atoms with Gasteiger partial charge in [-0.1, -0.05) is 6.92 Å². The Bertz CT molecular complexity index is 602. The van der Waals surface area contributed by atoms with Crippen molar-refractivity contribution in [3.63, 3.8) is 0 Å². The van der Waals surface area contributed by atoms with Crippen LogP contribution in [0.15, 0.2) is 33.7 Å². The maximum Gasteiger partial charge on any atom is 0.252 e. The second kappa shape index (κ2) is 4.33. The molecule has 2 unspecified atom stereocenters. The molecule has 0 spiro atoms. The molecule has 1 aliphatic carbocycles. The highest BCUT2D eigenvalue weighted by molar-refractivity contribution is 5.32. The molecule has 0 bridgehead atoms. The monoisotopic (exact) mass is 245 g/mol. The van der Waals surface area contributed by atoms with Gasteiger partial charge in [0.25, 0.3) is 5.56 Å². The summed E-state index contributed by atoms with van der Waals surface area (Å²) in [5, 5.41) is 3.06. The zero-order valence-electron chi connectivity index (χ0n) is 10.1. The molecule has 2 aromatic rings.